The van der Waals surface area contributed by atoms with E-state index < -0.39 is 0 Å². The summed E-state index contributed by atoms with van der Waals surface area (Å²) < 4.78 is 6.93. The summed E-state index contributed by atoms with van der Waals surface area (Å²) in [6, 6.07) is 1.88. The number of rotatable bonds is 3. The third-order valence-electron chi connectivity index (χ3n) is 3.20. The summed E-state index contributed by atoms with van der Waals surface area (Å²) in [5.74, 6) is 0.373. The van der Waals surface area contributed by atoms with Crippen molar-refractivity contribution in [1.82, 2.24) is 14.7 Å². The highest BCUT2D eigenvalue weighted by Gasteiger charge is 2.32. The molecule has 0 saturated carbocycles. The first-order chi connectivity index (χ1) is 8.02. The monoisotopic (exact) mass is 237 g/mol. The summed E-state index contributed by atoms with van der Waals surface area (Å²) in [4.78, 5) is 13.8. The highest BCUT2D eigenvalue weighted by atomic mass is 16.5. The Labute approximate surface area is 101 Å². The summed E-state index contributed by atoms with van der Waals surface area (Å²) in [7, 11) is 3.55. The predicted molar refractivity (Wildman–Crippen MR) is 64.0 cm³/mol. The Bertz CT molecular complexity index is 419. The minimum absolute atomic E-state index is 0.000741. The first kappa shape index (κ1) is 12.1. The number of methoxy groups -OCH3 is 1. The van der Waals surface area contributed by atoms with E-state index in [9.17, 15) is 4.79 Å². The number of amides is 1. The van der Waals surface area contributed by atoms with E-state index >= 15 is 0 Å². The van der Waals surface area contributed by atoms with Gasteiger partial charge in [0.2, 0.25) is 0 Å². The SMILES string of the molecule is COC1CN(C(=O)c2cc(C(C)C)n(C)n2)C1. The maximum Gasteiger partial charge on any atom is 0.274 e. The number of nitrogens with zero attached hydrogens (tertiary/aromatic N) is 3. The Morgan fingerprint density at radius 3 is 2.65 bits per heavy atom. The topological polar surface area (TPSA) is 47.4 Å². The molecule has 1 aromatic heterocycles. The zero-order chi connectivity index (χ0) is 12.6. The zero-order valence-electron chi connectivity index (χ0n) is 10.8. The smallest absolute Gasteiger partial charge is 0.274 e. The molecule has 0 atom stereocenters. The fourth-order valence-corrected chi connectivity index (χ4v) is 2.04. The minimum Gasteiger partial charge on any atom is -0.378 e. The van der Waals surface area contributed by atoms with E-state index in [-0.39, 0.29) is 12.0 Å². The van der Waals surface area contributed by atoms with E-state index in [2.05, 4.69) is 18.9 Å². The van der Waals surface area contributed by atoms with Crippen molar-refractivity contribution in [3.05, 3.63) is 17.5 Å². The Morgan fingerprint density at radius 2 is 2.18 bits per heavy atom. The molecule has 1 saturated heterocycles. The van der Waals surface area contributed by atoms with E-state index in [4.69, 9.17) is 4.74 Å². The molecule has 5 nitrogen and oxygen atoms in total. The van der Waals surface area contributed by atoms with E-state index in [1.165, 1.54) is 0 Å². The molecular formula is C12H19N3O2. The largest absolute Gasteiger partial charge is 0.378 e. The molecule has 94 valence electrons. The molecule has 1 aliphatic heterocycles. The lowest BCUT2D eigenvalue weighted by atomic mass is 10.1. The van der Waals surface area contributed by atoms with Crippen molar-refractivity contribution < 1.29 is 9.53 Å². The highest BCUT2D eigenvalue weighted by Crippen LogP contribution is 2.18. The molecule has 2 rings (SSSR count). The first-order valence-electron chi connectivity index (χ1n) is 5.89. The minimum atomic E-state index is 0.000741. The highest BCUT2D eigenvalue weighted by molar-refractivity contribution is 5.93. The molecule has 5 heteroatoms. The zero-order valence-corrected chi connectivity index (χ0v) is 10.8. The fraction of sp³-hybridized carbons (Fsp3) is 0.667. The normalized spacial score (nSPS) is 16.4. The van der Waals surface area contributed by atoms with Gasteiger partial charge in [0.25, 0.3) is 5.91 Å². The summed E-state index contributed by atoms with van der Waals surface area (Å²) in [5, 5.41) is 4.27. The molecular weight excluding hydrogens is 218 g/mol. The molecule has 0 N–H and O–H groups in total. The Hall–Kier alpha value is -1.36. The van der Waals surface area contributed by atoms with E-state index in [1.807, 2.05) is 13.1 Å². The molecule has 1 aliphatic rings. The number of carbonyl (C=O) groups excluding carboxylic acids is 1. The Morgan fingerprint density at radius 1 is 1.53 bits per heavy atom. The summed E-state index contributed by atoms with van der Waals surface area (Å²) in [6.45, 7) is 5.53. The molecule has 0 spiro atoms. The van der Waals surface area contributed by atoms with Crippen molar-refractivity contribution in [2.24, 2.45) is 7.05 Å². The number of ether oxygens (including phenoxy) is 1. The Balaban J connectivity index is 2.08. The third kappa shape index (κ3) is 2.20. The molecule has 0 radical (unpaired) electrons. The van der Waals surface area contributed by atoms with Crippen molar-refractivity contribution in [3.8, 4) is 0 Å². The molecule has 1 fully saturated rings. The van der Waals surface area contributed by atoms with Crippen LogP contribution in [-0.2, 0) is 11.8 Å². The van der Waals surface area contributed by atoms with Gasteiger partial charge in [0.1, 0.15) is 0 Å². The maximum absolute atomic E-state index is 12.1. The van der Waals surface area contributed by atoms with Gasteiger partial charge in [-0.3, -0.25) is 9.48 Å². The van der Waals surface area contributed by atoms with E-state index in [0.717, 1.165) is 5.69 Å². The van der Waals surface area contributed by atoms with Gasteiger partial charge in [-0.15, -0.1) is 0 Å². The number of aromatic nitrogens is 2. The second-order valence-corrected chi connectivity index (χ2v) is 4.80. The molecule has 0 aromatic carbocycles. The second-order valence-electron chi connectivity index (χ2n) is 4.80. The van der Waals surface area contributed by atoms with Crippen molar-refractivity contribution in [2.75, 3.05) is 20.2 Å². The lowest BCUT2D eigenvalue weighted by Crippen LogP contribution is -2.54. The predicted octanol–water partition coefficient (Wildman–Crippen LogP) is 1.01. The van der Waals surface area contributed by atoms with Crippen molar-refractivity contribution in [1.29, 1.82) is 0 Å². The van der Waals surface area contributed by atoms with Crippen LogP contribution in [0.1, 0.15) is 35.9 Å². The number of aryl methyl sites for hydroxylation is 1. The number of hydrogen-bond acceptors (Lipinski definition) is 3. The van der Waals surface area contributed by atoms with Crippen molar-refractivity contribution in [2.45, 2.75) is 25.9 Å². The molecule has 1 amide bonds. The summed E-state index contributed by atoms with van der Waals surface area (Å²) in [6.07, 6.45) is 0.187. The number of carbonyl (C=O) groups is 1. The number of likely N-dealkylation sites (tertiary alicyclic amines) is 1. The molecule has 0 bridgehead atoms. The van der Waals surface area contributed by atoms with E-state index in [1.54, 1.807) is 16.7 Å². The van der Waals surface area contributed by atoms with Gasteiger partial charge in [-0.1, -0.05) is 13.8 Å². The lowest BCUT2D eigenvalue weighted by molar-refractivity contribution is -0.0195. The van der Waals surface area contributed by atoms with Crippen LogP contribution in [0.3, 0.4) is 0 Å². The molecule has 2 heterocycles. The summed E-state index contributed by atoms with van der Waals surface area (Å²) in [5.41, 5.74) is 1.61. The Kier molecular flexibility index (Phi) is 3.19. The van der Waals surface area contributed by atoms with Crippen LogP contribution in [0.25, 0.3) is 0 Å². The first-order valence-corrected chi connectivity index (χ1v) is 5.89. The van der Waals surface area contributed by atoms with Gasteiger partial charge in [-0.05, 0) is 12.0 Å². The molecule has 0 aliphatic carbocycles. The second kappa shape index (κ2) is 4.49. The van der Waals surface area contributed by atoms with Crippen LogP contribution in [0.4, 0.5) is 0 Å². The van der Waals surface area contributed by atoms with Gasteiger partial charge in [-0.2, -0.15) is 5.10 Å². The van der Waals surface area contributed by atoms with Crippen LogP contribution < -0.4 is 0 Å². The molecule has 1 aromatic rings. The van der Waals surface area contributed by atoms with Crippen LogP contribution in [0.5, 0.6) is 0 Å². The van der Waals surface area contributed by atoms with Crippen LogP contribution >= 0.6 is 0 Å². The molecule has 0 unspecified atom stereocenters. The standard InChI is InChI=1S/C12H19N3O2/c1-8(2)11-5-10(13-14(11)3)12(16)15-6-9(7-15)17-4/h5,8-9H,6-7H2,1-4H3. The van der Waals surface area contributed by atoms with Gasteiger partial charge in [-0.25, -0.2) is 0 Å². The van der Waals surface area contributed by atoms with Crippen molar-refractivity contribution >= 4 is 5.91 Å². The van der Waals surface area contributed by atoms with Crippen LogP contribution in [-0.4, -0.2) is 46.9 Å². The molecule has 17 heavy (non-hydrogen) atoms. The van der Waals surface area contributed by atoms with Crippen LogP contribution in [0, 0.1) is 0 Å². The van der Waals surface area contributed by atoms with Crippen LogP contribution in [0.15, 0.2) is 6.07 Å². The van der Waals surface area contributed by atoms with Gasteiger partial charge in [0, 0.05) is 32.9 Å². The number of hydrogen-bond donors (Lipinski definition) is 0. The van der Waals surface area contributed by atoms with Gasteiger partial charge >= 0.3 is 0 Å². The maximum atomic E-state index is 12.1. The summed E-state index contributed by atoms with van der Waals surface area (Å²) >= 11 is 0. The average Bonchev–Trinajstić information content (AvgIpc) is 2.58. The van der Waals surface area contributed by atoms with Crippen molar-refractivity contribution in [3.63, 3.8) is 0 Å². The van der Waals surface area contributed by atoms with Gasteiger partial charge < -0.3 is 9.64 Å². The third-order valence-corrected chi connectivity index (χ3v) is 3.20. The van der Waals surface area contributed by atoms with Gasteiger partial charge in [0.15, 0.2) is 5.69 Å². The quantitative estimate of drug-likeness (QED) is 0.788. The van der Waals surface area contributed by atoms with Gasteiger partial charge in [0.05, 0.1) is 6.10 Å². The van der Waals surface area contributed by atoms with E-state index in [0.29, 0.717) is 24.7 Å². The average molecular weight is 237 g/mol. The lowest BCUT2D eigenvalue weighted by Gasteiger charge is -2.37. The van der Waals surface area contributed by atoms with Crippen LogP contribution in [0.2, 0.25) is 0 Å². The fourth-order valence-electron chi connectivity index (χ4n) is 2.04.